The highest BCUT2D eigenvalue weighted by Gasteiger charge is 2.27. The molecule has 1 unspecified atom stereocenters. The summed E-state index contributed by atoms with van der Waals surface area (Å²) < 4.78 is 0. The number of nitrogens with one attached hydrogen (secondary N) is 1. The third-order valence-corrected chi connectivity index (χ3v) is 3.93. The highest BCUT2D eigenvalue weighted by Crippen LogP contribution is 2.11. The SMILES string of the molecule is CC(C)C[C@H](NC(=O)C(S)[C@@H](N)Cc1ccccc1)C(=O)O. The van der Waals surface area contributed by atoms with Crippen molar-refractivity contribution in [1.29, 1.82) is 0 Å². The van der Waals surface area contributed by atoms with Gasteiger partial charge in [-0.2, -0.15) is 12.6 Å². The van der Waals surface area contributed by atoms with E-state index in [9.17, 15) is 9.59 Å². The number of hydrogen-bond donors (Lipinski definition) is 4. The molecule has 22 heavy (non-hydrogen) atoms. The molecule has 0 fully saturated rings. The van der Waals surface area contributed by atoms with Crippen LogP contribution in [0.2, 0.25) is 0 Å². The first-order valence-electron chi connectivity index (χ1n) is 7.32. The molecular formula is C16H24N2O3S. The zero-order valence-electron chi connectivity index (χ0n) is 12.9. The minimum Gasteiger partial charge on any atom is -0.480 e. The summed E-state index contributed by atoms with van der Waals surface area (Å²) in [6.45, 7) is 3.81. The van der Waals surface area contributed by atoms with Gasteiger partial charge in [-0.1, -0.05) is 44.2 Å². The molecule has 1 aromatic carbocycles. The van der Waals surface area contributed by atoms with Crippen LogP contribution in [-0.4, -0.2) is 34.3 Å². The van der Waals surface area contributed by atoms with Gasteiger partial charge in [0.05, 0.1) is 5.25 Å². The topological polar surface area (TPSA) is 92.4 Å². The minimum atomic E-state index is -1.04. The van der Waals surface area contributed by atoms with Gasteiger partial charge in [0.25, 0.3) is 0 Å². The van der Waals surface area contributed by atoms with E-state index in [-0.39, 0.29) is 5.92 Å². The van der Waals surface area contributed by atoms with Crippen molar-refractivity contribution >= 4 is 24.5 Å². The molecule has 6 heteroatoms. The van der Waals surface area contributed by atoms with E-state index >= 15 is 0 Å². The maximum Gasteiger partial charge on any atom is 0.326 e. The van der Waals surface area contributed by atoms with Crippen molar-refractivity contribution in [2.45, 2.75) is 44.0 Å². The fourth-order valence-corrected chi connectivity index (χ4v) is 2.32. The molecule has 0 saturated carbocycles. The smallest absolute Gasteiger partial charge is 0.326 e. The molecule has 4 N–H and O–H groups in total. The molecule has 0 saturated heterocycles. The lowest BCUT2D eigenvalue weighted by atomic mass is 10.0. The summed E-state index contributed by atoms with van der Waals surface area (Å²) in [6, 6.07) is 8.17. The highest BCUT2D eigenvalue weighted by molar-refractivity contribution is 7.81. The monoisotopic (exact) mass is 324 g/mol. The fraction of sp³-hybridized carbons (Fsp3) is 0.500. The van der Waals surface area contributed by atoms with Crippen LogP contribution in [0.25, 0.3) is 0 Å². The molecule has 5 nitrogen and oxygen atoms in total. The third-order valence-electron chi connectivity index (χ3n) is 3.31. The van der Waals surface area contributed by atoms with Gasteiger partial charge in [-0.3, -0.25) is 4.79 Å². The molecule has 122 valence electrons. The molecule has 0 aliphatic rings. The number of carbonyl (C=O) groups excluding carboxylic acids is 1. The largest absolute Gasteiger partial charge is 0.480 e. The number of aliphatic carboxylic acids is 1. The van der Waals surface area contributed by atoms with E-state index in [1.54, 1.807) is 0 Å². The molecule has 3 atom stereocenters. The number of carboxylic acids is 1. The van der Waals surface area contributed by atoms with Crippen molar-refractivity contribution in [3.63, 3.8) is 0 Å². The normalized spacial score (nSPS) is 15.1. The van der Waals surface area contributed by atoms with Crippen molar-refractivity contribution in [2.24, 2.45) is 11.7 Å². The van der Waals surface area contributed by atoms with E-state index in [0.29, 0.717) is 12.8 Å². The van der Waals surface area contributed by atoms with Crippen LogP contribution in [0.5, 0.6) is 0 Å². The lowest BCUT2D eigenvalue weighted by Crippen LogP contribution is -2.50. The number of rotatable bonds is 8. The van der Waals surface area contributed by atoms with Crippen molar-refractivity contribution in [3.05, 3.63) is 35.9 Å². The van der Waals surface area contributed by atoms with Crippen LogP contribution in [0.1, 0.15) is 25.8 Å². The summed E-state index contributed by atoms with van der Waals surface area (Å²) in [6.07, 6.45) is 0.875. The van der Waals surface area contributed by atoms with Crippen LogP contribution in [0.4, 0.5) is 0 Å². The molecule has 1 aromatic rings. The Kier molecular flexibility index (Phi) is 7.41. The number of thiol groups is 1. The maximum absolute atomic E-state index is 12.1. The highest BCUT2D eigenvalue weighted by atomic mass is 32.1. The second-order valence-electron chi connectivity index (χ2n) is 5.83. The molecule has 0 bridgehead atoms. The van der Waals surface area contributed by atoms with Gasteiger partial charge in [0, 0.05) is 6.04 Å². The quantitative estimate of drug-likeness (QED) is 0.545. The van der Waals surface area contributed by atoms with Gasteiger partial charge in [0.15, 0.2) is 0 Å². The first-order chi connectivity index (χ1) is 10.3. The molecule has 0 spiro atoms. The van der Waals surface area contributed by atoms with Gasteiger partial charge >= 0.3 is 5.97 Å². The molecular weight excluding hydrogens is 300 g/mol. The van der Waals surface area contributed by atoms with E-state index < -0.39 is 29.2 Å². The number of carboxylic acid groups (broad SMARTS) is 1. The maximum atomic E-state index is 12.1. The predicted octanol–water partition coefficient (Wildman–Crippen LogP) is 1.47. The zero-order chi connectivity index (χ0) is 16.7. The number of hydrogen-bond acceptors (Lipinski definition) is 4. The first-order valence-corrected chi connectivity index (χ1v) is 7.83. The Morgan fingerprint density at radius 1 is 1.27 bits per heavy atom. The second-order valence-corrected chi connectivity index (χ2v) is 6.38. The predicted molar refractivity (Wildman–Crippen MR) is 89.9 cm³/mol. The molecule has 0 aliphatic heterocycles. The Morgan fingerprint density at radius 3 is 2.36 bits per heavy atom. The van der Waals surface area contributed by atoms with Gasteiger partial charge in [-0.05, 0) is 24.3 Å². The fourth-order valence-electron chi connectivity index (χ4n) is 2.14. The van der Waals surface area contributed by atoms with Crippen LogP contribution in [0.15, 0.2) is 30.3 Å². The van der Waals surface area contributed by atoms with E-state index in [2.05, 4.69) is 17.9 Å². The summed E-state index contributed by atoms with van der Waals surface area (Å²) in [5.41, 5.74) is 7.03. The minimum absolute atomic E-state index is 0.165. The Hall–Kier alpha value is -1.53. The molecule has 0 radical (unpaired) electrons. The summed E-state index contributed by atoms with van der Waals surface area (Å²) >= 11 is 4.25. The summed E-state index contributed by atoms with van der Waals surface area (Å²) in [5.74, 6) is -1.32. The van der Waals surface area contributed by atoms with Crippen LogP contribution in [0, 0.1) is 5.92 Å². The van der Waals surface area contributed by atoms with Gasteiger partial charge in [0.1, 0.15) is 6.04 Å². The van der Waals surface area contributed by atoms with Crippen molar-refractivity contribution in [3.8, 4) is 0 Å². The molecule has 0 aromatic heterocycles. The third kappa shape index (κ3) is 6.07. The van der Waals surface area contributed by atoms with Crippen LogP contribution < -0.4 is 11.1 Å². The summed E-state index contributed by atoms with van der Waals surface area (Å²) in [7, 11) is 0. The Bertz CT molecular complexity index is 493. The van der Waals surface area contributed by atoms with Crippen LogP contribution in [-0.2, 0) is 16.0 Å². The Morgan fingerprint density at radius 2 is 1.86 bits per heavy atom. The van der Waals surface area contributed by atoms with E-state index in [0.717, 1.165) is 5.56 Å². The molecule has 1 rings (SSSR count). The summed E-state index contributed by atoms with van der Waals surface area (Å²) in [5, 5.41) is 10.9. The molecule has 1 amide bonds. The Labute approximate surface area is 136 Å². The van der Waals surface area contributed by atoms with Crippen LogP contribution >= 0.6 is 12.6 Å². The zero-order valence-corrected chi connectivity index (χ0v) is 13.8. The van der Waals surface area contributed by atoms with Gasteiger partial charge < -0.3 is 16.2 Å². The van der Waals surface area contributed by atoms with Crippen molar-refractivity contribution in [1.82, 2.24) is 5.32 Å². The number of carbonyl (C=O) groups is 2. The number of benzene rings is 1. The second kappa shape index (κ2) is 8.80. The van der Waals surface area contributed by atoms with Gasteiger partial charge in [-0.25, -0.2) is 4.79 Å². The lowest BCUT2D eigenvalue weighted by molar-refractivity contribution is -0.142. The standard InChI is InChI=1S/C16H24N2O3S/c1-10(2)8-13(16(20)21)18-15(19)14(22)12(17)9-11-6-4-3-5-7-11/h3-7,10,12-14,22H,8-9,17H2,1-2H3,(H,18,19)(H,20,21)/t12-,13-,14?/m0/s1. The van der Waals surface area contributed by atoms with E-state index in [1.807, 2.05) is 44.2 Å². The Balaban J connectivity index is 2.61. The van der Waals surface area contributed by atoms with Gasteiger partial charge in [0.2, 0.25) is 5.91 Å². The van der Waals surface area contributed by atoms with E-state index in [1.165, 1.54) is 0 Å². The summed E-state index contributed by atoms with van der Waals surface area (Å²) in [4.78, 5) is 23.3. The average molecular weight is 324 g/mol. The number of nitrogens with two attached hydrogens (primary N) is 1. The van der Waals surface area contributed by atoms with Gasteiger partial charge in [-0.15, -0.1) is 0 Å². The van der Waals surface area contributed by atoms with Crippen molar-refractivity contribution in [2.75, 3.05) is 0 Å². The van der Waals surface area contributed by atoms with Crippen LogP contribution in [0.3, 0.4) is 0 Å². The lowest BCUT2D eigenvalue weighted by Gasteiger charge is -2.22. The van der Waals surface area contributed by atoms with Crippen molar-refractivity contribution < 1.29 is 14.7 Å². The first kappa shape index (κ1) is 18.5. The average Bonchev–Trinajstić information content (AvgIpc) is 2.46. The molecule has 0 aliphatic carbocycles. The number of amides is 1. The van der Waals surface area contributed by atoms with E-state index in [4.69, 9.17) is 10.8 Å². The molecule has 0 heterocycles.